The van der Waals surface area contributed by atoms with Gasteiger partial charge in [-0.15, -0.1) is 0 Å². The SMILES string of the molecule is CC1CCN(C(=O)c2cccc(C(N)=NO)c2)C(C)C1. The van der Waals surface area contributed by atoms with Crippen LogP contribution >= 0.6 is 0 Å². The summed E-state index contributed by atoms with van der Waals surface area (Å²) in [5.74, 6) is 0.689. The number of amidine groups is 1. The number of oxime groups is 1. The second-order valence-corrected chi connectivity index (χ2v) is 5.54. The Kier molecular flexibility index (Phi) is 4.27. The average Bonchev–Trinajstić information content (AvgIpc) is 2.46. The summed E-state index contributed by atoms with van der Waals surface area (Å²) in [5.41, 5.74) is 6.69. The zero-order valence-electron chi connectivity index (χ0n) is 11.9. The van der Waals surface area contributed by atoms with Crippen LogP contribution in [0.1, 0.15) is 42.6 Å². The van der Waals surface area contributed by atoms with E-state index in [0.29, 0.717) is 17.0 Å². The van der Waals surface area contributed by atoms with E-state index in [1.807, 2.05) is 4.90 Å². The van der Waals surface area contributed by atoms with E-state index in [1.165, 1.54) is 0 Å². The van der Waals surface area contributed by atoms with Crippen LogP contribution in [0.5, 0.6) is 0 Å². The molecule has 1 aromatic carbocycles. The van der Waals surface area contributed by atoms with E-state index in [4.69, 9.17) is 10.9 Å². The summed E-state index contributed by atoms with van der Waals surface area (Å²) in [6, 6.07) is 7.15. The predicted molar refractivity (Wildman–Crippen MR) is 77.8 cm³/mol. The van der Waals surface area contributed by atoms with Gasteiger partial charge in [0.15, 0.2) is 5.84 Å². The molecule has 108 valence electrons. The molecular formula is C15H21N3O2. The molecule has 2 unspecified atom stereocenters. The maximum atomic E-state index is 12.6. The molecule has 0 aromatic heterocycles. The Balaban J connectivity index is 2.21. The van der Waals surface area contributed by atoms with Crippen molar-refractivity contribution in [2.75, 3.05) is 6.54 Å². The molecule has 1 amide bonds. The maximum absolute atomic E-state index is 12.6. The lowest BCUT2D eigenvalue weighted by Crippen LogP contribution is -2.44. The summed E-state index contributed by atoms with van der Waals surface area (Å²) < 4.78 is 0. The standard InChI is InChI=1S/C15H21N3O2/c1-10-6-7-18(11(2)8-10)15(19)13-5-3-4-12(9-13)14(16)17-20/h3-5,9-11,20H,6-8H2,1-2H3,(H2,16,17). The number of likely N-dealkylation sites (tertiary alicyclic amines) is 1. The summed E-state index contributed by atoms with van der Waals surface area (Å²) in [5, 5.41) is 11.7. The summed E-state index contributed by atoms with van der Waals surface area (Å²) in [7, 11) is 0. The van der Waals surface area contributed by atoms with Crippen molar-refractivity contribution in [3.63, 3.8) is 0 Å². The van der Waals surface area contributed by atoms with Crippen molar-refractivity contribution < 1.29 is 10.0 Å². The largest absolute Gasteiger partial charge is 0.409 e. The molecule has 5 heteroatoms. The molecule has 3 N–H and O–H groups in total. The van der Waals surface area contributed by atoms with E-state index in [9.17, 15) is 4.79 Å². The number of hydrogen-bond donors (Lipinski definition) is 2. The third-order valence-electron chi connectivity index (χ3n) is 3.91. The summed E-state index contributed by atoms with van der Waals surface area (Å²) in [6.07, 6.45) is 2.07. The Morgan fingerprint density at radius 1 is 1.40 bits per heavy atom. The van der Waals surface area contributed by atoms with Crippen molar-refractivity contribution >= 4 is 11.7 Å². The molecule has 1 aromatic rings. The predicted octanol–water partition coefficient (Wildman–Crippen LogP) is 2.04. The zero-order valence-corrected chi connectivity index (χ0v) is 11.9. The third-order valence-corrected chi connectivity index (χ3v) is 3.91. The van der Waals surface area contributed by atoms with Gasteiger partial charge in [0.2, 0.25) is 0 Å². The Bertz CT molecular complexity index is 528. The van der Waals surface area contributed by atoms with Gasteiger partial charge in [-0.1, -0.05) is 24.2 Å². The fraction of sp³-hybridized carbons (Fsp3) is 0.467. The van der Waals surface area contributed by atoms with Crippen LogP contribution in [-0.4, -0.2) is 34.4 Å². The van der Waals surface area contributed by atoms with E-state index in [-0.39, 0.29) is 17.8 Å². The average molecular weight is 275 g/mol. The second-order valence-electron chi connectivity index (χ2n) is 5.54. The Morgan fingerprint density at radius 3 is 2.75 bits per heavy atom. The van der Waals surface area contributed by atoms with E-state index in [0.717, 1.165) is 19.4 Å². The van der Waals surface area contributed by atoms with Gasteiger partial charge in [0.05, 0.1) is 0 Å². The molecule has 1 aliphatic rings. The molecule has 5 nitrogen and oxygen atoms in total. The van der Waals surface area contributed by atoms with Crippen molar-refractivity contribution in [2.45, 2.75) is 32.7 Å². The lowest BCUT2D eigenvalue weighted by atomic mass is 9.92. The highest BCUT2D eigenvalue weighted by Crippen LogP contribution is 2.24. The number of nitrogens with two attached hydrogens (primary N) is 1. The Hall–Kier alpha value is -2.04. The van der Waals surface area contributed by atoms with Crippen LogP contribution in [0.2, 0.25) is 0 Å². The van der Waals surface area contributed by atoms with Crippen molar-refractivity contribution in [1.82, 2.24) is 4.90 Å². The van der Waals surface area contributed by atoms with Crippen LogP contribution in [0.4, 0.5) is 0 Å². The Morgan fingerprint density at radius 2 is 2.10 bits per heavy atom. The van der Waals surface area contributed by atoms with Gasteiger partial charge in [0, 0.05) is 23.7 Å². The van der Waals surface area contributed by atoms with Crippen molar-refractivity contribution in [2.24, 2.45) is 16.8 Å². The normalized spacial score (nSPS) is 23.7. The first-order chi connectivity index (χ1) is 9.52. The highest BCUT2D eigenvalue weighted by molar-refractivity contribution is 6.01. The fourth-order valence-corrected chi connectivity index (χ4v) is 2.74. The fourth-order valence-electron chi connectivity index (χ4n) is 2.74. The summed E-state index contributed by atoms with van der Waals surface area (Å²) >= 11 is 0. The molecule has 1 fully saturated rings. The van der Waals surface area contributed by atoms with Gasteiger partial charge < -0.3 is 15.8 Å². The second kappa shape index (κ2) is 5.94. The first-order valence-corrected chi connectivity index (χ1v) is 6.92. The minimum Gasteiger partial charge on any atom is -0.409 e. The molecule has 1 heterocycles. The third kappa shape index (κ3) is 2.92. The smallest absolute Gasteiger partial charge is 0.254 e. The number of piperidine rings is 1. The molecule has 0 saturated carbocycles. The number of carbonyl (C=O) groups excluding carboxylic acids is 1. The van der Waals surface area contributed by atoms with E-state index in [1.54, 1.807) is 24.3 Å². The zero-order chi connectivity index (χ0) is 14.7. The number of hydrogen-bond acceptors (Lipinski definition) is 3. The molecule has 0 aliphatic carbocycles. The van der Waals surface area contributed by atoms with Crippen LogP contribution in [0.25, 0.3) is 0 Å². The van der Waals surface area contributed by atoms with Gasteiger partial charge in [-0.25, -0.2) is 0 Å². The maximum Gasteiger partial charge on any atom is 0.254 e. The molecule has 1 aliphatic heterocycles. The topological polar surface area (TPSA) is 78.9 Å². The first-order valence-electron chi connectivity index (χ1n) is 6.92. The van der Waals surface area contributed by atoms with Crippen molar-refractivity contribution in [1.29, 1.82) is 0 Å². The van der Waals surface area contributed by atoms with Gasteiger partial charge >= 0.3 is 0 Å². The molecule has 1 saturated heterocycles. The number of rotatable bonds is 2. The number of nitrogens with zero attached hydrogens (tertiary/aromatic N) is 2. The minimum atomic E-state index is 0.0111. The van der Waals surface area contributed by atoms with Crippen LogP contribution < -0.4 is 5.73 Å². The van der Waals surface area contributed by atoms with Gasteiger partial charge in [-0.3, -0.25) is 4.79 Å². The summed E-state index contributed by atoms with van der Waals surface area (Å²) in [6.45, 7) is 5.09. The number of carbonyl (C=O) groups is 1. The molecule has 0 spiro atoms. The van der Waals surface area contributed by atoms with E-state index in [2.05, 4.69) is 19.0 Å². The van der Waals surface area contributed by atoms with Gasteiger partial charge in [0.1, 0.15) is 0 Å². The Labute approximate surface area is 119 Å². The molecule has 20 heavy (non-hydrogen) atoms. The van der Waals surface area contributed by atoms with Crippen LogP contribution in [0.3, 0.4) is 0 Å². The summed E-state index contributed by atoms with van der Waals surface area (Å²) in [4.78, 5) is 14.5. The highest BCUT2D eigenvalue weighted by atomic mass is 16.4. The molecule has 2 atom stereocenters. The molecular weight excluding hydrogens is 254 g/mol. The van der Waals surface area contributed by atoms with Crippen LogP contribution in [-0.2, 0) is 0 Å². The van der Waals surface area contributed by atoms with Gasteiger partial charge in [-0.2, -0.15) is 0 Å². The molecule has 2 rings (SSSR count). The number of amides is 1. The van der Waals surface area contributed by atoms with Crippen LogP contribution in [0.15, 0.2) is 29.4 Å². The quantitative estimate of drug-likeness (QED) is 0.375. The highest BCUT2D eigenvalue weighted by Gasteiger charge is 2.27. The monoisotopic (exact) mass is 275 g/mol. The minimum absolute atomic E-state index is 0.0111. The van der Waals surface area contributed by atoms with E-state index < -0.39 is 0 Å². The lowest BCUT2D eigenvalue weighted by molar-refractivity contribution is 0.0588. The van der Waals surface area contributed by atoms with Crippen molar-refractivity contribution in [3.05, 3.63) is 35.4 Å². The van der Waals surface area contributed by atoms with Crippen LogP contribution in [0, 0.1) is 5.92 Å². The lowest BCUT2D eigenvalue weighted by Gasteiger charge is -2.36. The van der Waals surface area contributed by atoms with E-state index >= 15 is 0 Å². The molecule has 0 radical (unpaired) electrons. The number of benzene rings is 1. The molecule has 0 bridgehead atoms. The van der Waals surface area contributed by atoms with Crippen molar-refractivity contribution in [3.8, 4) is 0 Å². The van der Waals surface area contributed by atoms with Gasteiger partial charge in [-0.05, 0) is 37.8 Å². The first kappa shape index (κ1) is 14.4. The van der Waals surface area contributed by atoms with Gasteiger partial charge in [0.25, 0.3) is 5.91 Å².